The van der Waals surface area contributed by atoms with E-state index in [-0.39, 0.29) is 21.6 Å². The second-order valence-electron chi connectivity index (χ2n) is 7.02. The van der Waals surface area contributed by atoms with Gasteiger partial charge in [0.05, 0.1) is 0 Å². The first-order chi connectivity index (χ1) is 14.8. The first kappa shape index (κ1) is 21.2. The Balaban J connectivity index is 1.72. The first-order valence-corrected chi connectivity index (χ1v) is 11.7. The summed E-state index contributed by atoms with van der Waals surface area (Å²) in [4.78, 5) is 16.9. The molecular weight excluding hydrogens is 441 g/mol. The maximum absolute atomic E-state index is 13.3. The molecule has 0 bridgehead atoms. The fraction of sp³-hybridized carbons (Fsp3) is 0.182. The lowest BCUT2D eigenvalue weighted by Crippen LogP contribution is -2.10. The minimum Gasteiger partial charge on any atom is -0.423 e. The van der Waals surface area contributed by atoms with Gasteiger partial charge in [-0.15, -0.1) is 0 Å². The molecule has 4 aromatic rings. The van der Waals surface area contributed by atoms with E-state index >= 15 is 0 Å². The molecule has 0 aliphatic carbocycles. The van der Waals surface area contributed by atoms with Gasteiger partial charge in [0.25, 0.3) is 5.19 Å². The molecule has 0 amide bonds. The van der Waals surface area contributed by atoms with Crippen LogP contribution >= 0.6 is 11.3 Å². The van der Waals surface area contributed by atoms with Crippen LogP contribution in [0.25, 0.3) is 22.1 Å². The Labute approximate surface area is 182 Å². The maximum Gasteiger partial charge on any atom is 0.341 e. The quantitative estimate of drug-likeness (QED) is 0.286. The fourth-order valence-corrected chi connectivity index (χ4v) is 5.04. The summed E-state index contributed by atoms with van der Waals surface area (Å²) in [5, 5.41) is 0.537. The van der Waals surface area contributed by atoms with Crippen molar-refractivity contribution < 1.29 is 21.4 Å². The third-order valence-electron chi connectivity index (χ3n) is 4.94. The minimum absolute atomic E-state index is 0.0249. The smallest absolute Gasteiger partial charge is 0.341 e. The number of benzene rings is 2. The van der Waals surface area contributed by atoms with E-state index in [2.05, 4.69) is 4.98 Å². The lowest BCUT2D eigenvalue weighted by molar-refractivity contribution is 0.483. The molecule has 1 unspecified atom stereocenters. The lowest BCUT2D eigenvalue weighted by Gasteiger charge is -2.08. The average molecular weight is 460 g/mol. The number of hydrogen-bond acceptors (Lipinski definition) is 7. The maximum atomic E-state index is 13.3. The van der Waals surface area contributed by atoms with Gasteiger partial charge < -0.3 is 8.60 Å². The van der Waals surface area contributed by atoms with Crippen molar-refractivity contribution in [3.05, 3.63) is 75.8 Å². The second-order valence-corrected chi connectivity index (χ2v) is 9.59. The van der Waals surface area contributed by atoms with E-state index < -0.39 is 21.6 Å². The molecule has 6 nitrogen and oxygen atoms in total. The molecule has 0 aliphatic heterocycles. The molecule has 0 saturated heterocycles. The Kier molecular flexibility index (Phi) is 5.63. The number of hydrogen-bond donors (Lipinski definition) is 0. The summed E-state index contributed by atoms with van der Waals surface area (Å²) < 4.78 is 49.2. The van der Waals surface area contributed by atoms with Gasteiger partial charge in [-0.05, 0) is 47.7 Å². The van der Waals surface area contributed by atoms with Gasteiger partial charge in [0.1, 0.15) is 16.3 Å². The van der Waals surface area contributed by atoms with Crippen molar-refractivity contribution in [2.75, 3.05) is 0 Å². The van der Waals surface area contributed by atoms with Crippen molar-refractivity contribution in [2.24, 2.45) is 0 Å². The van der Waals surface area contributed by atoms with E-state index in [1.165, 1.54) is 59.9 Å². The normalized spacial score (nSPS) is 12.7. The van der Waals surface area contributed by atoms with Crippen LogP contribution in [0.5, 0.6) is 5.19 Å². The predicted octanol–water partition coefficient (Wildman–Crippen LogP) is 5.34. The predicted molar refractivity (Wildman–Crippen MR) is 117 cm³/mol. The van der Waals surface area contributed by atoms with Gasteiger partial charge in [-0.3, -0.25) is 0 Å². The van der Waals surface area contributed by atoms with Gasteiger partial charge in [-0.25, -0.2) is 14.2 Å². The number of aromatic nitrogens is 1. The summed E-state index contributed by atoms with van der Waals surface area (Å²) in [6.07, 6.45) is 2.51. The van der Waals surface area contributed by atoms with Gasteiger partial charge in [0, 0.05) is 28.6 Å². The zero-order chi connectivity index (χ0) is 22.2. The molecule has 160 valence electrons. The van der Waals surface area contributed by atoms with Crippen LogP contribution in [0.3, 0.4) is 0 Å². The van der Waals surface area contributed by atoms with Crippen LogP contribution in [-0.4, -0.2) is 13.4 Å². The second kappa shape index (κ2) is 8.24. The van der Waals surface area contributed by atoms with Gasteiger partial charge in [0.2, 0.25) is 0 Å². The number of rotatable bonds is 6. The molecule has 0 radical (unpaired) electrons. The van der Waals surface area contributed by atoms with Crippen molar-refractivity contribution in [1.82, 2.24) is 4.98 Å². The minimum atomic E-state index is -4.18. The molecular formula is C22H18FNO5S2. The molecule has 9 heteroatoms. The molecule has 31 heavy (non-hydrogen) atoms. The summed E-state index contributed by atoms with van der Waals surface area (Å²) in [6.45, 7) is 4.06. The van der Waals surface area contributed by atoms with E-state index in [0.717, 1.165) is 11.3 Å². The van der Waals surface area contributed by atoms with Gasteiger partial charge in [0.15, 0.2) is 0 Å². The molecule has 2 aromatic carbocycles. The average Bonchev–Trinajstić information content (AvgIpc) is 3.20. The van der Waals surface area contributed by atoms with Crippen LogP contribution in [0.15, 0.2) is 68.8 Å². The third kappa shape index (κ3) is 4.38. The summed E-state index contributed by atoms with van der Waals surface area (Å²) >= 11 is 1.18. The van der Waals surface area contributed by atoms with Crippen molar-refractivity contribution >= 4 is 32.4 Å². The summed E-state index contributed by atoms with van der Waals surface area (Å²) in [7, 11) is -4.18. The van der Waals surface area contributed by atoms with Crippen molar-refractivity contribution in [1.29, 1.82) is 0 Å². The molecule has 4 rings (SSSR count). The van der Waals surface area contributed by atoms with Crippen molar-refractivity contribution in [3.8, 4) is 16.3 Å². The Bertz CT molecular complexity index is 1410. The molecule has 0 spiro atoms. The molecule has 0 fully saturated rings. The van der Waals surface area contributed by atoms with Gasteiger partial charge in [-0.1, -0.05) is 37.3 Å². The molecule has 1 atom stereocenters. The Morgan fingerprint density at radius 1 is 1.16 bits per heavy atom. The largest absolute Gasteiger partial charge is 0.423 e. The van der Waals surface area contributed by atoms with Crippen molar-refractivity contribution in [2.45, 2.75) is 31.1 Å². The molecule has 0 aliphatic rings. The van der Waals surface area contributed by atoms with Gasteiger partial charge in [-0.2, -0.15) is 8.42 Å². The Hall–Kier alpha value is -3.04. The highest BCUT2D eigenvalue weighted by Crippen LogP contribution is 2.32. The van der Waals surface area contributed by atoms with Crippen molar-refractivity contribution in [3.63, 3.8) is 0 Å². The number of fused-ring (bicyclic) bond motifs is 1. The highest BCUT2D eigenvalue weighted by Gasteiger charge is 2.21. The van der Waals surface area contributed by atoms with Crippen LogP contribution in [-0.2, 0) is 10.1 Å². The van der Waals surface area contributed by atoms with Gasteiger partial charge >= 0.3 is 15.7 Å². The number of nitrogens with zero attached hydrogens (tertiary/aromatic N) is 1. The van der Waals surface area contributed by atoms with E-state index in [4.69, 9.17) is 8.60 Å². The molecule has 2 aromatic heterocycles. The number of thiazole rings is 1. The zero-order valence-electron chi connectivity index (χ0n) is 16.7. The zero-order valence-corrected chi connectivity index (χ0v) is 18.3. The Morgan fingerprint density at radius 2 is 1.90 bits per heavy atom. The highest BCUT2D eigenvalue weighted by atomic mass is 32.2. The van der Waals surface area contributed by atoms with Crippen LogP contribution in [0, 0.1) is 5.82 Å². The first-order valence-electron chi connectivity index (χ1n) is 9.51. The van der Waals surface area contributed by atoms with Crippen LogP contribution in [0.4, 0.5) is 4.39 Å². The summed E-state index contributed by atoms with van der Waals surface area (Å²) in [6, 6.07) is 11.1. The van der Waals surface area contributed by atoms with E-state index in [0.29, 0.717) is 16.5 Å². The summed E-state index contributed by atoms with van der Waals surface area (Å²) in [5.41, 5.74) is 0.539. The third-order valence-corrected chi connectivity index (χ3v) is 7.36. The monoisotopic (exact) mass is 459 g/mol. The standard InChI is InChI=1S/C22H18FNO5S2/c1-3-13(2)20-12-24-22(30-20)29-31(26,27)16-8-9-17-18(11-21(25)28-19(17)10-16)14-4-6-15(23)7-5-14/h4-13H,3H2,1-2H3. The SMILES string of the molecule is CCC(C)c1cnc(OS(=O)(=O)c2ccc3c(-c4ccc(F)cc4)cc(=O)oc3c2)s1. The van der Waals surface area contributed by atoms with Crippen LogP contribution in [0.2, 0.25) is 0 Å². The topological polar surface area (TPSA) is 86.5 Å². The lowest BCUT2D eigenvalue weighted by atomic mass is 10.0. The van der Waals surface area contributed by atoms with E-state index in [9.17, 15) is 17.6 Å². The van der Waals surface area contributed by atoms with E-state index in [1.54, 1.807) is 6.20 Å². The molecule has 0 saturated carbocycles. The highest BCUT2D eigenvalue weighted by molar-refractivity contribution is 7.87. The van der Waals surface area contributed by atoms with Crippen LogP contribution < -0.4 is 9.81 Å². The summed E-state index contributed by atoms with van der Waals surface area (Å²) in [5.74, 6) is -0.155. The number of halogens is 1. The Morgan fingerprint density at radius 3 is 2.61 bits per heavy atom. The fourth-order valence-electron chi connectivity index (χ4n) is 3.05. The van der Waals surface area contributed by atoms with E-state index in [1.807, 2.05) is 13.8 Å². The molecule has 2 heterocycles. The van der Waals surface area contributed by atoms with Crippen LogP contribution in [0.1, 0.15) is 31.1 Å². The molecule has 0 N–H and O–H groups in total.